The summed E-state index contributed by atoms with van der Waals surface area (Å²) in [5.41, 5.74) is 21.4. The van der Waals surface area contributed by atoms with E-state index in [0.717, 1.165) is 25.7 Å². The zero-order valence-corrected chi connectivity index (χ0v) is 34.9. The summed E-state index contributed by atoms with van der Waals surface area (Å²) in [5.74, 6) is 0. The molecule has 0 saturated carbocycles. The number of nitrogens with zero attached hydrogens (tertiary/aromatic N) is 2. The fourth-order valence-corrected chi connectivity index (χ4v) is 12.0. The van der Waals surface area contributed by atoms with E-state index in [1.807, 2.05) is 0 Å². The molecule has 2 nitrogen and oxygen atoms in total. The molecule has 2 aromatic heterocycles. The van der Waals surface area contributed by atoms with Crippen molar-refractivity contribution in [1.82, 2.24) is 9.13 Å². The van der Waals surface area contributed by atoms with Crippen molar-refractivity contribution >= 4 is 43.6 Å². The van der Waals surface area contributed by atoms with Crippen molar-refractivity contribution < 1.29 is 0 Å². The molecule has 0 spiro atoms. The summed E-state index contributed by atoms with van der Waals surface area (Å²) in [6.07, 6.45) is 4.19. The Morgan fingerprint density at radius 3 is 0.917 bits per heavy atom. The third-order valence-corrected chi connectivity index (χ3v) is 15.1. The molecular weight excluding hydrogens is 725 g/mol. The van der Waals surface area contributed by atoms with Crippen LogP contribution in [0.1, 0.15) is 75.6 Å². The topological polar surface area (TPSA) is 9.86 Å². The van der Waals surface area contributed by atoms with E-state index in [1.165, 1.54) is 111 Å². The molecule has 290 valence electrons. The number of rotatable bonds is 7. The van der Waals surface area contributed by atoms with Crippen LogP contribution >= 0.6 is 0 Å². The second-order valence-corrected chi connectivity index (χ2v) is 17.3. The highest BCUT2D eigenvalue weighted by molar-refractivity contribution is 6.10. The molecule has 0 amide bonds. The fourth-order valence-electron chi connectivity index (χ4n) is 12.0. The van der Waals surface area contributed by atoms with Gasteiger partial charge < -0.3 is 9.13 Å². The first-order chi connectivity index (χ1) is 29.5. The molecule has 0 saturated heterocycles. The predicted octanol–water partition coefficient (Wildman–Crippen LogP) is 15.7. The Morgan fingerprint density at radius 1 is 0.317 bits per heavy atom. The average Bonchev–Trinajstić information content (AvgIpc) is 4.00. The number of hydrogen-bond acceptors (Lipinski definition) is 0. The molecule has 0 N–H and O–H groups in total. The molecule has 2 aliphatic carbocycles. The Kier molecular flexibility index (Phi) is 7.61. The van der Waals surface area contributed by atoms with E-state index in [1.54, 1.807) is 0 Å². The van der Waals surface area contributed by atoms with Crippen molar-refractivity contribution in [2.75, 3.05) is 0 Å². The Bertz CT molecular complexity index is 3050. The molecule has 10 aromatic rings. The summed E-state index contributed by atoms with van der Waals surface area (Å²) in [6, 6.07) is 64.6. The van der Waals surface area contributed by atoms with Gasteiger partial charge in [-0.15, -0.1) is 0 Å². The smallest absolute Gasteiger partial charge is 0.0541 e. The van der Waals surface area contributed by atoms with Crippen molar-refractivity contribution in [3.63, 3.8) is 0 Å². The monoisotopic (exact) mass is 772 g/mol. The van der Waals surface area contributed by atoms with Crippen molar-refractivity contribution in [3.05, 3.63) is 192 Å². The van der Waals surface area contributed by atoms with Crippen LogP contribution in [0.15, 0.2) is 170 Å². The maximum atomic E-state index is 2.55. The summed E-state index contributed by atoms with van der Waals surface area (Å²) in [6.45, 7) is 9.55. The van der Waals surface area contributed by atoms with Gasteiger partial charge in [-0.05, 0) is 142 Å². The SMILES string of the molecule is CCC1(CC)c2cc(-c3ccc4c(c3)C(CC)(CC)c3cc(-n5c6ccccc6c6ccccc65)ccc3-4)ccc2-c2ccc(-n3c4ccccc4c4ccccc43)cc21. The van der Waals surface area contributed by atoms with Crippen LogP contribution in [0.3, 0.4) is 0 Å². The standard InChI is InChI=1S/C58H48N2/c1-5-57(6-2)49-33-37(25-29-41(49)43-31-27-39(35-51(43)57)59-53-21-13-9-17-45(53)46-18-10-14-22-54(46)59)38-26-30-42-44-32-28-40(36-52(44)58(7-3,8-4)50(42)34-38)60-55-23-15-11-19-47(55)48-20-12-16-24-56(48)60/h9-36H,5-8H2,1-4H3. The number of fused-ring (bicyclic) bond motifs is 12. The minimum Gasteiger partial charge on any atom is -0.309 e. The summed E-state index contributed by atoms with van der Waals surface area (Å²) in [4.78, 5) is 0. The van der Waals surface area contributed by atoms with Crippen LogP contribution in [0.25, 0.3) is 88.4 Å². The van der Waals surface area contributed by atoms with Crippen molar-refractivity contribution in [2.45, 2.75) is 64.2 Å². The van der Waals surface area contributed by atoms with Gasteiger partial charge in [-0.2, -0.15) is 0 Å². The molecule has 0 atom stereocenters. The molecule has 60 heavy (non-hydrogen) atoms. The Labute approximate surface area is 352 Å². The van der Waals surface area contributed by atoms with Crippen LogP contribution in [0, 0.1) is 0 Å². The number of benzene rings is 8. The Hall–Kier alpha value is -6.64. The lowest BCUT2D eigenvalue weighted by molar-refractivity contribution is 0.490. The van der Waals surface area contributed by atoms with E-state index in [9.17, 15) is 0 Å². The molecule has 12 rings (SSSR count). The highest BCUT2D eigenvalue weighted by Gasteiger charge is 2.43. The van der Waals surface area contributed by atoms with Crippen molar-refractivity contribution in [1.29, 1.82) is 0 Å². The first-order valence-electron chi connectivity index (χ1n) is 22.1. The van der Waals surface area contributed by atoms with Gasteiger partial charge in [-0.25, -0.2) is 0 Å². The normalized spacial score (nSPS) is 14.5. The van der Waals surface area contributed by atoms with Crippen molar-refractivity contribution in [3.8, 4) is 44.8 Å². The molecule has 0 bridgehead atoms. The van der Waals surface area contributed by atoms with Crippen LogP contribution in [-0.2, 0) is 10.8 Å². The van der Waals surface area contributed by atoms with Gasteiger partial charge in [0.05, 0.1) is 22.1 Å². The van der Waals surface area contributed by atoms with E-state index in [-0.39, 0.29) is 10.8 Å². The molecule has 0 aliphatic heterocycles. The maximum Gasteiger partial charge on any atom is 0.0541 e. The molecule has 0 radical (unpaired) electrons. The quantitative estimate of drug-likeness (QED) is 0.153. The first kappa shape index (κ1) is 35.3. The Balaban J connectivity index is 0.968. The van der Waals surface area contributed by atoms with Gasteiger partial charge >= 0.3 is 0 Å². The van der Waals surface area contributed by atoms with Gasteiger partial charge in [0, 0.05) is 43.7 Å². The molecule has 0 unspecified atom stereocenters. The van der Waals surface area contributed by atoms with Crippen LogP contribution in [0.4, 0.5) is 0 Å². The van der Waals surface area contributed by atoms with Gasteiger partial charge in [0.1, 0.15) is 0 Å². The van der Waals surface area contributed by atoms with E-state index in [2.05, 4.69) is 207 Å². The number of aromatic nitrogens is 2. The average molecular weight is 773 g/mol. The van der Waals surface area contributed by atoms with Gasteiger partial charge in [-0.1, -0.05) is 137 Å². The minimum absolute atomic E-state index is 0.0672. The number of para-hydroxylation sites is 4. The highest BCUT2D eigenvalue weighted by Crippen LogP contribution is 2.56. The third-order valence-electron chi connectivity index (χ3n) is 15.1. The third kappa shape index (κ3) is 4.54. The summed E-state index contributed by atoms with van der Waals surface area (Å²) in [5, 5.41) is 5.20. The fraction of sp³-hybridized carbons (Fsp3) is 0.172. The van der Waals surface area contributed by atoms with Crippen LogP contribution < -0.4 is 0 Å². The molecule has 8 aromatic carbocycles. The lowest BCUT2D eigenvalue weighted by Crippen LogP contribution is -2.23. The molecular formula is C58H48N2. The predicted molar refractivity (Wildman–Crippen MR) is 254 cm³/mol. The zero-order valence-electron chi connectivity index (χ0n) is 34.9. The summed E-state index contributed by atoms with van der Waals surface area (Å²) in [7, 11) is 0. The van der Waals surface area contributed by atoms with Gasteiger partial charge in [0.15, 0.2) is 0 Å². The van der Waals surface area contributed by atoms with Gasteiger partial charge in [-0.3, -0.25) is 0 Å². The van der Waals surface area contributed by atoms with Crippen LogP contribution in [0.5, 0.6) is 0 Å². The molecule has 2 aliphatic rings. The zero-order chi connectivity index (χ0) is 40.3. The lowest BCUT2D eigenvalue weighted by Gasteiger charge is -2.31. The minimum atomic E-state index is -0.0672. The van der Waals surface area contributed by atoms with Crippen LogP contribution in [0.2, 0.25) is 0 Å². The second-order valence-electron chi connectivity index (χ2n) is 17.3. The number of hydrogen-bond donors (Lipinski definition) is 0. The lowest BCUT2D eigenvalue weighted by atomic mass is 9.72. The van der Waals surface area contributed by atoms with E-state index >= 15 is 0 Å². The summed E-state index contributed by atoms with van der Waals surface area (Å²) >= 11 is 0. The van der Waals surface area contributed by atoms with Gasteiger partial charge in [0.2, 0.25) is 0 Å². The molecule has 0 fully saturated rings. The highest BCUT2D eigenvalue weighted by atomic mass is 15.0. The van der Waals surface area contributed by atoms with E-state index < -0.39 is 0 Å². The summed E-state index contributed by atoms with van der Waals surface area (Å²) < 4.78 is 4.94. The Morgan fingerprint density at radius 2 is 0.600 bits per heavy atom. The largest absolute Gasteiger partial charge is 0.309 e. The second kappa shape index (κ2) is 12.9. The van der Waals surface area contributed by atoms with Gasteiger partial charge in [0.25, 0.3) is 0 Å². The van der Waals surface area contributed by atoms with Crippen LogP contribution in [-0.4, -0.2) is 9.13 Å². The molecule has 2 heteroatoms. The molecule has 2 heterocycles. The maximum absolute atomic E-state index is 2.55. The van der Waals surface area contributed by atoms with E-state index in [0.29, 0.717) is 0 Å². The van der Waals surface area contributed by atoms with E-state index in [4.69, 9.17) is 0 Å². The van der Waals surface area contributed by atoms with Crippen molar-refractivity contribution in [2.24, 2.45) is 0 Å². The first-order valence-corrected chi connectivity index (χ1v) is 22.1.